The minimum atomic E-state index is -1.74. The Kier molecular flexibility index (Phi) is 4.13. The van der Waals surface area contributed by atoms with Crippen molar-refractivity contribution in [2.24, 2.45) is 0 Å². The van der Waals surface area contributed by atoms with Gasteiger partial charge >= 0.3 is 0 Å². The number of anilines is 1. The van der Waals surface area contributed by atoms with Gasteiger partial charge in [0, 0.05) is 11.1 Å². The van der Waals surface area contributed by atoms with Gasteiger partial charge in [-0.3, -0.25) is 9.59 Å². The largest absolute Gasteiger partial charge is 0.316 e. The van der Waals surface area contributed by atoms with Crippen molar-refractivity contribution in [3.8, 4) is 11.1 Å². The van der Waals surface area contributed by atoms with Crippen molar-refractivity contribution in [3.05, 3.63) is 75.6 Å². The first-order valence-corrected chi connectivity index (χ1v) is 9.23. The van der Waals surface area contributed by atoms with E-state index in [0.29, 0.717) is 16.1 Å². The third kappa shape index (κ3) is 2.59. The molecule has 0 spiro atoms. The number of hydrogen-bond acceptors (Lipinski definition) is 3. The van der Waals surface area contributed by atoms with Crippen LogP contribution in [0.15, 0.2) is 48.5 Å². The Balaban J connectivity index is 1.95. The zero-order valence-corrected chi connectivity index (χ0v) is 15.5. The summed E-state index contributed by atoms with van der Waals surface area (Å²) in [7, 11) is 0. The zero-order valence-electron chi connectivity index (χ0n) is 14.0. The quantitative estimate of drug-likeness (QED) is 0.579. The molecular formula is C20H12ClF2NO2S. The third-order valence-corrected chi connectivity index (χ3v) is 6.09. The van der Waals surface area contributed by atoms with Crippen LogP contribution in [0.3, 0.4) is 0 Å². The standard InChI is InChI=1S/C20H12ClF2NO2S/c1-20(12-4-2-3-5-13(12)23)16(25)15-14(10-6-8-11(22)9-7-10)17(21)27-18(15)24-19(20)26/h2-9H,1H3,(H,24,26). The molecule has 0 saturated heterocycles. The SMILES string of the molecule is CC1(c2ccccc2F)C(=O)Nc2sc(Cl)c(-c3ccc(F)cc3)c2C1=O. The summed E-state index contributed by atoms with van der Waals surface area (Å²) >= 11 is 7.39. The van der Waals surface area contributed by atoms with Crippen molar-refractivity contribution in [1.82, 2.24) is 0 Å². The summed E-state index contributed by atoms with van der Waals surface area (Å²) in [5.41, 5.74) is -0.589. The van der Waals surface area contributed by atoms with Crippen molar-refractivity contribution >= 4 is 39.6 Å². The lowest BCUT2D eigenvalue weighted by atomic mass is 9.72. The smallest absolute Gasteiger partial charge is 0.243 e. The Bertz CT molecular complexity index is 1090. The van der Waals surface area contributed by atoms with Gasteiger partial charge in [-0.25, -0.2) is 8.78 Å². The van der Waals surface area contributed by atoms with E-state index >= 15 is 0 Å². The van der Waals surface area contributed by atoms with Crippen LogP contribution in [-0.4, -0.2) is 11.7 Å². The highest BCUT2D eigenvalue weighted by Crippen LogP contribution is 2.49. The van der Waals surface area contributed by atoms with Crippen LogP contribution in [0.4, 0.5) is 13.8 Å². The molecule has 1 N–H and O–H groups in total. The number of carbonyl (C=O) groups excluding carboxylic acids is 2. The number of Topliss-reactive ketones (excluding diaryl/α,β-unsaturated/α-hetero) is 1. The molecule has 1 aromatic heterocycles. The summed E-state index contributed by atoms with van der Waals surface area (Å²) in [6, 6.07) is 11.2. The molecule has 0 fully saturated rings. The summed E-state index contributed by atoms with van der Waals surface area (Å²) in [4.78, 5) is 26.2. The molecule has 3 aromatic rings. The van der Waals surface area contributed by atoms with Crippen molar-refractivity contribution in [1.29, 1.82) is 0 Å². The number of thiophene rings is 1. The highest BCUT2D eigenvalue weighted by Gasteiger charge is 2.50. The average molecular weight is 404 g/mol. The van der Waals surface area contributed by atoms with Gasteiger partial charge in [-0.2, -0.15) is 0 Å². The van der Waals surface area contributed by atoms with Gasteiger partial charge in [0.2, 0.25) is 5.91 Å². The summed E-state index contributed by atoms with van der Waals surface area (Å²) in [5, 5.41) is 2.99. The van der Waals surface area contributed by atoms with Crippen molar-refractivity contribution in [3.63, 3.8) is 0 Å². The molecule has 3 nitrogen and oxygen atoms in total. The highest BCUT2D eigenvalue weighted by atomic mass is 35.5. The minimum absolute atomic E-state index is 0.00877. The number of ketones is 1. The van der Waals surface area contributed by atoms with Crippen molar-refractivity contribution in [2.45, 2.75) is 12.3 Å². The molecule has 1 aliphatic rings. The zero-order chi connectivity index (χ0) is 19.3. The van der Waals surface area contributed by atoms with Gasteiger partial charge in [0.1, 0.15) is 26.4 Å². The molecule has 0 aliphatic carbocycles. The molecule has 27 heavy (non-hydrogen) atoms. The minimum Gasteiger partial charge on any atom is -0.316 e. The lowest BCUT2D eigenvalue weighted by molar-refractivity contribution is -0.119. The molecule has 1 atom stereocenters. The first kappa shape index (κ1) is 17.8. The van der Waals surface area contributed by atoms with E-state index in [0.717, 1.165) is 11.3 Å². The lowest BCUT2D eigenvalue weighted by Crippen LogP contribution is -2.48. The van der Waals surface area contributed by atoms with E-state index in [1.807, 2.05) is 0 Å². The number of benzene rings is 2. The van der Waals surface area contributed by atoms with E-state index in [-0.39, 0.29) is 15.5 Å². The van der Waals surface area contributed by atoms with Crippen LogP contribution in [0.25, 0.3) is 11.1 Å². The van der Waals surface area contributed by atoms with Crippen LogP contribution in [0.2, 0.25) is 4.34 Å². The van der Waals surface area contributed by atoms with Gasteiger partial charge in [-0.15, -0.1) is 11.3 Å². The van der Waals surface area contributed by atoms with Gasteiger partial charge in [-0.1, -0.05) is 41.9 Å². The molecule has 1 amide bonds. The number of fused-ring (bicyclic) bond motifs is 1. The van der Waals surface area contributed by atoms with E-state index in [9.17, 15) is 18.4 Å². The Morgan fingerprint density at radius 3 is 2.33 bits per heavy atom. The Morgan fingerprint density at radius 2 is 1.67 bits per heavy atom. The molecule has 1 aliphatic heterocycles. The lowest BCUT2D eigenvalue weighted by Gasteiger charge is -2.32. The van der Waals surface area contributed by atoms with Crippen LogP contribution in [0.5, 0.6) is 0 Å². The maximum Gasteiger partial charge on any atom is 0.243 e. The molecule has 4 rings (SSSR count). The van der Waals surface area contributed by atoms with Gasteiger partial charge in [0.25, 0.3) is 0 Å². The summed E-state index contributed by atoms with van der Waals surface area (Å²) in [6.45, 7) is 1.39. The van der Waals surface area contributed by atoms with E-state index in [1.54, 1.807) is 6.07 Å². The van der Waals surface area contributed by atoms with Gasteiger partial charge in [0.15, 0.2) is 5.78 Å². The molecule has 136 valence electrons. The third-order valence-electron chi connectivity index (χ3n) is 4.77. The monoisotopic (exact) mass is 403 g/mol. The second kappa shape index (κ2) is 6.25. The summed E-state index contributed by atoms with van der Waals surface area (Å²) < 4.78 is 28.0. The number of nitrogens with one attached hydrogen (secondary N) is 1. The molecule has 0 radical (unpaired) electrons. The molecule has 7 heteroatoms. The van der Waals surface area contributed by atoms with Crippen molar-refractivity contribution in [2.75, 3.05) is 5.32 Å². The van der Waals surface area contributed by atoms with Crippen LogP contribution in [0.1, 0.15) is 22.8 Å². The molecular weight excluding hydrogens is 392 g/mol. The first-order chi connectivity index (χ1) is 12.8. The Morgan fingerprint density at radius 1 is 1.00 bits per heavy atom. The van der Waals surface area contributed by atoms with Crippen LogP contribution in [0, 0.1) is 11.6 Å². The second-order valence-corrected chi connectivity index (χ2v) is 7.97. The predicted octanol–water partition coefficient (Wildman–Crippen LogP) is 5.44. The van der Waals surface area contributed by atoms with Gasteiger partial charge in [0.05, 0.1) is 5.56 Å². The van der Waals surface area contributed by atoms with Crippen LogP contribution < -0.4 is 5.32 Å². The Labute approximate surface area is 162 Å². The molecule has 0 saturated carbocycles. The van der Waals surface area contributed by atoms with Gasteiger partial charge < -0.3 is 5.32 Å². The number of hydrogen-bond donors (Lipinski definition) is 1. The highest BCUT2D eigenvalue weighted by molar-refractivity contribution is 7.21. The number of carbonyl (C=O) groups is 2. The van der Waals surface area contributed by atoms with Gasteiger partial charge in [-0.05, 0) is 30.7 Å². The predicted molar refractivity (Wildman–Crippen MR) is 101 cm³/mol. The van der Waals surface area contributed by atoms with E-state index in [1.165, 1.54) is 49.4 Å². The maximum absolute atomic E-state index is 14.4. The number of amides is 1. The fraction of sp³-hybridized carbons (Fsp3) is 0.100. The summed E-state index contributed by atoms with van der Waals surface area (Å²) in [6.07, 6.45) is 0. The summed E-state index contributed by atoms with van der Waals surface area (Å²) in [5.74, 6) is -2.23. The topological polar surface area (TPSA) is 46.2 Å². The molecule has 2 aromatic carbocycles. The maximum atomic E-state index is 14.4. The first-order valence-electron chi connectivity index (χ1n) is 8.03. The fourth-order valence-corrected chi connectivity index (χ4v) is 4.65. The normalized spacial score (nSPS) is 19.0. The number of rotatable bonds is 2. The van der Waals surface area contributed by atoms with Crippen LogP contribution in [-0.2, 0) is 10.2 Å². The van der Waals surface area contributed by atoms with Crippen LogP contribution >= 0.6 is 22.9 Å². The molecule has 1 unspecified atom stereocenters. The van der Waals surface area contributed by atoms with E-state index < -0.39 is 28.7 Å². The van der Waals surface area contributed by atoms with Crippen molar-refractivity contribution < 1.29 is 18.4 Å². The second-order valence-electron chi connectivity index (χ2n) is 6.35. The van der Waals surface area contributed by atoms with E-state index in [2.05, 4.69) is 5.32 Å². The number of halogens is 3. The molecule has 0 bridgehead atoms. The Hall–Kier alpha value is -2.57. The average Bonchev–Trinajstić information content (AvgIpc) is 2.96. The van der Waals surface area contributed by atoms with E-state index in [4.69, 9.17) is 11.6 Å². The fourth-order valence-electron chi connectivity index (χ4n) is 3.28. The molecule has 2 heterocycles.